The van der Waals surface area contributed by atoms with Gasteiger partial charge in [-0.15, -0.1) is 11.6 Å². The Labute approximate surface area is 112 Å². The summed E-state index contributed by atoms with van der Waals surface area (Å²) in [5, 5.41) is 0. The van der Waals surface area contributed by atoms with Crippen LogP contribution in [0, 0.1) is 12.7 Å². The van der Waals surface area contributed by atoms with E-state index in [0.29, 0.717) is 23.0 Å². The third kappa shape index (κ3) is 2.24. The Morgan fingerprint density at radius 1 is 1.44 bits per heavy atom. The van der Waals surface area contributed by atoms with Gasteiger partial charge >= 0.3 is 0 Å². The number of fused-ring (bicyclic) bond motifs is 1. The number of hydrogen-bond donors (Lipinski definition) is 0. The van der Waals surface area contributed by atoms with E-state index in [1.165, 1.54) is 6.07 Å². The Balaban J connectivity index is 2.64. The lowest BCUT2D eigenvalue weighted by Crippen LogP contribution is -2.08. The van der Waals surface area contributed by atoms with Gasteiger partial charge in [-0.2, -0.15) is 0 Å². The lowest BCUT2D eigenvalue weighted by atomic mass is 10.1. The van der Waals surface area contributed by atoms with Crippen LogP contribution < -0.4 is 0 Å². The Hall–Kier alpha value is -1.09. The van der Waals surface area contributed by atoms with Gasteiger partial charge in [-0.1, -0.05) is 13.3 Å². The van der Waals surface area contributed by atoms with Crippen molar-refractivity contribution in [1.82, 2.24) is 9.55 Å². The molecule has 0 saturated heterocycles. The standard InChI is InChI=1S/C14H18ClFN2/c1-4-5-10(3)18-13-6-9(2)11(16)7-12(13)17-14(18)8-15/h6-7,10H,4-5,8H2,1-3H3. The molecule has 1 atom stereocenters. The predicted octanol–water partition coefficient (Wildman–Crippen LogP) is 4.58. The van der Waals surface area contributed by atoms with Crippen LogP contribution in [0.3, 0.4) is 0 Å². The number of hydrogen-bond acceptors (Lipinski definition) is 1. The molecule has 0 aliphatic rings. The van der Waals surface area contributed by atoms with Crippen molar-refractivity contribution in [1.29, 1.82) is 0 Å². The van der Waals surface area contributed by atoms with E-state index < -0.39 is 0 Å². The summed E-state index contributed by atoms with van der Waals surface area (Å²) in [6.07, 6.45) is 2.16. The predicted molar refractivity (Wildman–Crippen MR) is 73.6 cm³/mol. The van der Waals surface area contributed by atoms with Crippen molar-refractivity contribution >= 4 is 22.6 Å². The summed E-state index contributed by atoms with van der Waals surface area (Å²) in [6.45, 7) is 6.08. The summed E-state index contributed by atoms with van der Waals surface area (Å²) in [6, 6.07) is 3.69. The molecule has 18 heavy (non-hydrogen) atoms. The number of alkyl halides is 1. The zero-order valence-corrected chi connectivity index (χ0v) is 11.8. The van der Waals surface area contributed by atoms with Gasteiger partial charge in [0.25, 0.3) is 0 Å². The van der Waals surface area contributed by atoms with Gasteiger partial charge in [-0.3, -0.25) is 0 Å². The van der Waals surface area contributed by atoms with Gasteiger partial charge in [-0.25, -0.2) is 9.37 Å². The van der Waals surface area contributed by atoms with Crippen molar-refractivity contribution in [3.8, 4) is 0 Å². The number of benzene rings is 1. The maximum atomic E-state index is 13.6. The van der Waals surface area contributed by atoms with Crippen molar-refractivity contribution < 1.29 is 4.39 Å². The molecule has 2 rings (SSSR count). The Morgan fingerprint density at radius 2 is 2.17 bits per heavy atom. The Bertz CT molecular complexity index is 562. The second kappa shape index (κ2) is 5.27. The maximum absolute atomic E-state index is 13.6. The molecule has 0 spiro atoms. The molecule has 1 unspecified atom stereocenters. The van der Waals surface area contributed by atoms with Crippen molar-refractivity contribution in [3.63, 3.8) is 0 Å². The first kappa shape index (κ1) is 13.3. The summed E-state index contributed by atoms with van der Waals surface area (Å²) >= 11 is 5.95. The van der Waals surface area contributed by atoms with E-state index in [0.717, 1.165) is 24.2 Å². The van der Waals surface area contributed by atoms with E-state index in [4.69, 9.17) is 11.6 Å². The molecular formula is C14H18ClFN2. The second-order valence-electron chi connectivity index (χ2n) is 4.76. The molecule has 98 valence electrons. The van der Waals surface area contributed by atoms with Crippen molar-refractivity contribution in [3.05, 3.63) is 29.3 Å². The summed E-state index contributed by atoms with van der Waals surface area (Å²) in [7, 11) is 0. The van der Waals surface area contributed by atoms with Crippen LogP contribution in [0.4, 0.5) is 4.39 Å². The van der Waals surface area contributed by atoms with Gasteiger partial charge in [0, 0.05) is 12.1 Å². The molecule has 0 aliphatic heterocycles. The van der Waals surface area contributed by atoms with Crippen molar-refractivity contribution in [2.24, 2.45) is 0 Å². The van der Waals surface area contributed by atoms with E-state index in [1.807, 2.05) is 6.07 Å². The second-order valence-corrected chi connectivity index (χ2v) is 5.03. The van der Waals surface area contributed by atoms with Gasteiger partial charge in [0.2, 0.25) is 0 Å². The molecule has 1 heterocycles. The summed E-state index contributed by atoms with van der Waals surface area (Å²) in [5.41, 5.74) is 2.32. The zero-order chi connectivity index (χ0) is 13.3. The van der Waals surface area contributed by atoms with Crippen LogP contribution in [0.25, 0.3) is 11.0 Å². The van der Waals surface area contributed by atoms with Gasteiger partial charge in [-0.05, 0) is 31.9 Å². The molecule has 0 amide bonds. The fraction of sp³-hybridized carbons (Fsp3) is 0.500. The highest BCUT2D eigenvalue weighted by Gasteiger charge is 2.16. The SMILES string of the molecule is CCCC(C)n1c(CCl)nc2cc(F)c(C)cc21. The quantitative estimate of drug-likeness (QED) is 0.742. The number of rotatable bonds is 4. The number of halogens is 2. The smallest absolute Gasteiger partial charge is 0.128 e. The zero-order valence-electron chi connectivity index (χ0n) is 11.0. The molecule has 1 aromatic carbocycles. The molecule has 0 radical (unpaired) electrons. The van der Waals surface area contributed by atoms with Crippen LogP contribution in [0.5, 0.6) is 0 Å². The van der Waals surface area contributed by atoms with Gasteiger partial charge in [0.15, 0.2) is 0 Å². The molecular weight excluding hydrogens is 251 g/mol. The number of aryl methyl sites for hydroxylation is 1. The average Bonchev–Trinajstić information content (AvgIpc) is 2.68. The van der Waals surface area contributed by atoms with Crippen LogP contribution in [0.2, 0.25) is 0 Å². The van der Waals surface area contributed by atoms with E-state index in [9.17, 15) is 4.39 Å². The van der Waals surface area contributed by atoms with Crippen molar-refractivity contribution in [2.75, 3.05) is 0 Å². The van der Waals surface area contributed by atoms with Crippen LogP contribution in [0.15, 0.2) is 12.1 Å². The first-order chi connectivity index (χ1) is 8.58. The molecule has 0 N–H and O–H groups in total. The molecule has 4 heteroatoms. The lowest BCUT2D eigenvalue weighted by Gasteiger charge is -2.16. The molecule has 0 bridgehead atoms. The van der Waals surface area contributed by atoms with Gasteiger partial charge in [0.05, 0.1) is 16.9 Å². The minimum absolute atomic E-state index is 0.212. The van der Waals surface area contributed by atoms with Crippen LogP contribution in [0.1, 0.15) is 44.1 Å². The molecule has 0 saturated carbocycles. The summed E-state index contributed by atoms with van der Waals surface area (Å²) in [5.74, 6) is 0.956. The van der Waals surface area contributed by atoms with E-state index in [2.05, 4.69) is 23.4 Å². The van der Waals surface area contributed by atoms with E-state index >= 15 is 0 Å². The highest BCUT2D eigenvalue weighted by atomic mass is 35.5. The summed E-state index contributed by atoms with van der Waals surface area (Å²) in [4.78, 5) is 4.43. The minimum Gasteiger partial charge on any atom is -0.324 e. The highest BCUT2D eigenvalue weighted by Crippen LogP contribution is 2.26. The van der Waals surface area contributed by atoms with Gasteiger partial charge in [0.1, 0.15) is 11.6 Å². The molecule has 2 nitrogen and oxygen atoms in total. The Morgan fingerprint density at radius 3 is 2.78 bits per heavy atom. The van der Waals surface area contributed by atoms with Crippen LogP contribution >= 0.6 is 11.6 Å². The highest BCUT2D eigenvalue weighted by molar-refractivity contribution is 6.16. The molecule has 0 aliphatic carbocycles. The molecule has 1 aromatic heterocycles. The van der Waals surface area contributed by atoms with Crippen LogP contribution in [-0.2, 0) is 5.88 Å². The fourth-order valence-corrected chi connectivity index (χ4v) is 2.59. The maximum Gasteiger partial charge on any atom is 0.128 e. The first-order valence-corrected chi connectivity index (χ1v) is 6.84. The monoisotopic (exact) mass is 268 g/mol. The largest absolute Gasteiger partial charge is 0.324 e. The first-order valence-electron chi connectivity index (χ1n) is 6.31. The fourth-order valence-electron chi connectivity index (χ4n) is 2.40. The van der Waals surface area contributed by atoms with Crippen molar-refractivity contribution in [2.45, 2.75) is 45.5 Å². The number of aromatic nitrogens is 2. The third-order valence-electron chi connectivity index (χ3n) is 3.31. The van der Waals surface area contributed by atoms with E-state index in [1.54, 1.807) is 6.92 Å². The van der Waals surface area contributed by atoms with Gasteiger partial charge < -0.3 is 4.57 Å². The third-order valence-corrected chi connectivity index (χ3v) is 3.55. The molecule has 2 aromatic rings. The molecule has 0 fully saturated rings. The number of nitrogens with zero attached hydrogens (tertiary/aromatic N) is 2. The number of imidazole rings is 1. The lowest BCUT2D eigenvalue weighted by molar-refractivity contribution is 0.500. The van der Waals surface area contributed by atoms with E-state index in [-0.39, 0.29) is 5.82 Å². The summed E-state index contributed by atoms with van der Waals surface area (Å²) < 4.78 is 15.7. The van der Waals surface area contributed by atoms with Crippen LogP contribution in [-0.4, -0.2) is 9.55 Å². The average molecular weight is 269 g/mol. The Kier molecular flexibility index (Phi) is 3.91. The minimum atomic E-state index is -0.212. The normalized spacial score (nSPS) is 13.2. The topological polar surface area (TPSA) is 17.8 Å².